The molecule has 0 bridgehead atoms. The molecule has 0 aliphatic carbocycles. The first kappa shape index (κ1) is 16.4. The standard InChI is InChI=1S/C14H19BO7/c1-5-19-9-6-7-10(20-8(2)15(17)18)12-11(9)13(16)22-14(3,4)21-12/h6-8,17-18H,5H2,1-4H3. The van der Waals surface area contributed by atoms with E-state index in [0.717, 1.165) is 0 Å². The summed E-state index contributed by atoms with van der Waals surface area (Å²) in [7, 11) is -1.66. The lowest BCUT2D eigenvalue weighted by molar-refractivity contribution is -0.128. The predicted molar refractivity (Wildman–Crippen MR) is 78.0 cm³/mol. The minimum Gasteiger partial charge on any atom is -0.493 e. The maximum Gasteiger partial charge on any atom is 0.495 e. The van der Waals surface area contributed by atoms with E-state index in [-0.39, 0.29) is 17.1 Å². The molecule has 22 heavy (non-hydrogen) atoms. The Bertz CT molecular complexity index is 571. The lowest BCUT2D eigenvalue weighted by atomic mass is 9.84. The van der Waals surface area contributed by atoms with Gasteiger partial charge in [0.1, 0.15) is 17.3 Å². The van der Waals surface area contributed by atoms with Gasteiger partial charge in [-0.2, -0.15) is 0 Å². The van der Waals surface area contributed by atoms with E-state index in [1.165, 1.54) is 6.92 Å². The third-order valence-electron chi connectivity index (χ3n) is 3.01. The van der Waals surface area contributed by atoms with Gasteiger partial charge in [0.15, 0.2) is 11.5 Å². The van der Waals surface area contributed by atoms with Crippen molar-refractivity contribution in [3.8, 4) is 17.2 Å². The molecule has 0 radical (unpaired) electrons. The molecular formula is C14H19BO7. The number of hydrogen-bond acceptors (Lipinski definition) is 7. The number of ether oxygens (including phenoxy) is 4. The van der Waals surface area contributed by atoms with Crippen molar-refractivity contribution >= 4 is 13.1 Å². The van der Waals surface area contributed by atoms with Gasteiger partial charge < -0.3 is 29.0 Å². The quantitative estimate of drug-likeness (QED) is 0.622. The van der Waals surface area contributed by atoms with Crippen LogP contribution < -0.4 is 14.2 Å². The summed E-state index contributed by atoms with van der Waals surface area (Å²) in [6.45, 7) is 6.83. The highest BCUT2D eigenvalue weighted by molar-refractivity contribution is 6.42. The summed E-state index contributed by atoms with van der Waals surface area (Å²) in [5, 5.41) is 18.3. The van der Waals surface area contributed by atoms with Crippen LogP contribution in [0, 0.1) is 0 Å². The molecule has 0 spiro atoms. The van der Waals surface area contributed by atoms with E-state index in [9.17, 15) is 4.79 Å². The van der Waals surface area contributed by atoms with Crippen LogP contribution in [-0.4, -0.2) is 41.5 Å². The van der Waals surface area contributed by atoms with E-state index >= 15 is 0 Å². The second kappa shape index (κ2) is 6.06. The number of rotatable bonds is 5. The summed E-state index contributed by atoms with van der Waals surface area (Å²) in [5.74, 6) is -1.04. The van der Waals surface area contributed by atoms with Crippen LogP contribution in [0.2, 0.25) is 0 Å². The van der Waals surface area contributed by atoms with Crippen LogP contribution in [0.1, 0.15) is 38.1 Å². The SMILES string of the molecule is CCOc1ccc(OC(C)B(O)O)c2c1C(=O)OC(C)(C)O2. The van der Waals surface area contributed by atoms with Crippen molar-refractivity contribution in [3.63, 3.8) is 0 Å². The van der Waals surface area contributed by atoms with Crippen LogP contribution >= 0.6 is 0 Å². The number of carbonyl (C=O) groups is 1. The van der Waals surface area contributed by atoms with E-state index in [0.29, 0.717) is 12.4 Å². The summed E-state index contributed by atoms with van der Waals surface area (Å²) in [6, 6.07) is 2.21. The number of benzene rings is 1. The van der Waals surface area contributed by atoms with Gasteiger partial charge in [-0.3, -0.25) is 0 Å². The highest BCUT2D eigenvalue weighted by Crippen LogP contribution is 2.44. The normalized spacial score (nSPS) is 16.9. The Morgan fingerprint density at radius 1 is 1.27 bits per heavy atom. The molecule has 1 aliphatic rings. The Morgan fingerprint density at radius 2 is 1.91 bits per heavy atom. The zero-order valence-electron chi connectivity index (χ0n) is 13.0. The monoisotopic (exact) mass is 310 g/mol. The zero-order valence-corrected chi connectivity index (χ0v) is 13.0. The molecule has 2 N–H and O–H groups in total. The third-order valence-corrected chi connectivity index (χ3v) is 3.01. The molecule has 0 aromatic heterocycles. The van der Waals surface area contributed by atoms with E-state index in [2.05, 4.69) is 0 Å². The van der Waals surface area contributed by atoms with Gasteiger partial charge in [-0.15, -0.1) is 0 Å². The van der Waals surface area contributed by atoms with Gasteiger partial charge in [-0.25, -0.2) is 4.79 Å². The molecular weight excluding hydrogens is 291 g/mol. The van der Waals surface area contributed by atoms with Crippen LogP contribution in [0.4, 0.5) is 0 Å². The van der Waals surface area contributed by atoms with E-state index in [1.807, 2.05) is 0 Å². The first-order valence-electron chi connectivity index (χ1n) is 7.00. The van der Waals surface area contributed by atoms with E-state index in [1.54, 1.807) is 32.9 Å². The highest BCUT2D eigenvalue weighted by Gasteiger charge is 2.39. The Balaban J connectivity index is 2.49. The van der Waals surface area contributed by atoms with Crippen molar-refractivity contribution in [2.45, 2.75) is 39.5 Å². The summed E-state index contributed by atoms with van der Waals surface area (Å²) in [6.07, 6.45) is 0. The third kappa shape index (κ3) is 3.28. The van der Waals surface area contributed by atoms with Crippen molar-refractivity contribution in [1.29, 1.82) is 0 Å². The fourth-order valence-electron chi connectivity index (χ4n) is 2.01. The Kier molecular flexibility index (Phi) is 4.53. The Hall–Kier alpha value is -1.93. The molecule has 1 unspecified atom stereocenters. The van der Waals surface area contributed by atoms with Crippen LogP contribution in [0.25, 0.3) is 0 Å². The first-order valence-corrected chi connectivity index (χ1v) is 7.00. The van der Waals surface area contributed by atoms with Crippen LogP contribution in [-0.2, 0) is 4.74 Å². The average molecular weight is 310 g/mol. The van der Waals surface area contributed by atoms with Crippen molar-refractivity contribution in [1.82, 2.24) is 0 Å². The molecule has 1 aliphatic heterocycles. The molecule has 7 nitrogen and oxygen atoms in total. The maximum atomic E-state index is 12.2. The summed E-state index contributed by atoms with van der Waals surface area (Å²) < 4.78 is 21.8. The summed E-state index contributed by atoms with van der Waals surface area (Å²) in [4.78, 5) is 12.2. The fraction of sp³-hybridized carbons (Fsp3) is 0.500. The van der Waals surface area contributed by atoms with Crippen LogP contribution in [0.15, 0.2) is 12.1 Å². The summed E-state index contributed by atoms with van der Waals surface area (Å²) in [5.41, 5.74) is 0.123. The molecule has 1 aromatic rings. The predicted octanol–water partition coefficient (Wildman–Crippen LogP) is 1.15. The second-order valence-corrected chi connectivity index (χ2v) is 5.33. The summed E-state index contributed by atoms with van der Waals surface area (Å²) >= 11 is 0. The molecule has 0 fully saturated rings. The molecule has 0 saturated carbocycles. The first-order chi connectivity index (χ1) is 10.2. The van der Waals surface area contributed by atoms with Crippen LogP contribution in [0.5, 0.6) is 17.2 Å². The lowest BCUT2D eigenvalue weighted by Gasteiger charge is -2.33. The smallest absolute Gasteiger partial charge is 0.493 e. The molecule has 8 heteroatoms. The van der Waals surface area contributed by atoms with Gasteiger partial charge in [0.25, 0.3) is 0 Å². The molecule has 0 amide bonds. The Morgan fingerprint density at radius 3 is 2.50 bits per heavy atom. The van der Waals surface area contributed by atoms with Gasteiger partial charge in [0, 0.05) is 13.8 Å². The number of esters is 1. The fourth-order valence-corrected chi connectivity index (χ4v) is 2.01. The number of fused-ring (bicyclic) bond motifs is 1. The number of cyclic esters (lactones) is 1. The average Bonchev–Trinajstić information content (AvgIpc) is 2.39. The van der Waals surface area contributed by atoms with Gasteiger partial charge in [0.05, 0.1) is 6.61 Å². The van der Waals surface area contributed by atoms with E-state index < -0.39 is 24.9 Å². The van der Waals surface area contributed by atoms with Gasteiger partial charge >= 0.3 is 13.1 Å². The number of hydrogen-bond donors (Lipinski definition) is 2. The lowest BCUT2D eigenvalue weighted by Crippen LogP contribution is -2.40. The molecule has 120 valence electrons. The van der Waals surface area contributed by atoms with Gasteiger partial charge in [0.2, 0.25) is 5.79 Å². The molecule has 1 heterocycles. The highest BCUT2D eigenvalue weighted by atomic mass is 16.7. The van der Waals surface area contributed by atoms with Crippen molar-refractivity contribution < 1.29 is 33.8 Å². The minimum atomic E-state index is -1.66. The van der Waals surface area contributed by atoms with Crippen molar-refractivity contribution in [2.24, 2.45) is 0 Å². The van der Waals surface area contributed by atoms with Gasteiger partial charge in [-0.1, -0.05) is 0 Å². The Labute approximate surface area is 128 Å². The van der Waals surface area contributed by atoms with Crippen molar-refractivity contribution in [2.75, 3.05) is 6.61 Å². The molecule has 0 saturated heterocycles. The van der Waals surface area contributed by atoms with Crippen LogP contribution in [0.3, 0.4) is 0 Å². The zero-order chi connectivity index (χ0) is 16.5. The second-order valence-electron chi connectivity index (χ2n) is 5.33. The molecule has 1 atom stereocenters. The number of carbonyl (C=O) groups excluding carboxylic acids is 1. The molecule has 2 rings (SSSR count). The van der Waals surface area contributed by atoms with Crippen molar-refractivity contribution in [3.05, 3.63) is 17.7 Å². The van der Waals surface area contributed by atoms with E-state index in [4.69, 9.17) is 29.0 Å². The largest absolute Gasteiger partial charge is 0.495 e. The minimum absolute atomic E-state index is 0.123. The van der Waals surface area contributed by atoms with Gasteiger partial charge in [-0.05, 0) is 26.0 Å². The topological polar surface area (TPSA) is 94.5 Å². The molecule has 1 aromatic carbocycles. The maximum absolute atomic E-state index is 12.2.